The fraction of sp³-hybridized carbons (Fsp3) is 0.571. The zero-order chi connectivity index (χ0) is 24.4. The van der Waals surface area contributed by atoms with Gasteiger partial charge < -0.3 is 14.4 Å². The highest BCUT2D eigenvalue weighted by molar-refractivity contribution is 5.91. The van der Waals surface area contributed by atoms with E-state index in [9.17, 15) is 28.9 Å². The maximum absolute atomic E-state index is 14.8. The molecule has 0 unspecified atom stereocenters. The lowest BCUT2D eigenvalue weighted by Gasteiger charge is -2.42. The molecule has 1 atom stereocenters. The van der Waals surface area contributed by atoms with E-state index in [1.54, 1.807) is 34.6 Å². The van der Waals surface area contributed by atoms with Crippen LogP contribution in [0.5, 0.6) is 0 Å². The quantitative estimate of drug-likeness (QED) is 0.365. The first-order valence-electron chi connectivity index (χ1n) is 10.1. The van der Waals surface area contributed by atoms with E-state index in [-0.39, 0.29) is 36.7 Å². The standard InChI is InChI=1S/C21H28FN3O7/c1-12(2)17-18(26)23(9-10-24(17)20(28)32-21(3,4)5)16-11-14(22)13(19(27)31-6)7-8-15(16)25(29)30/h8,11-12,17H,7,9-10H2,1-6H3/t17-/m1/s1. The number of piperazine rings is 1. The summed E-state index contributed by atoms with van der Waals surface area (Å²) in [5.74, 6) is -2.94. The van der Waals surface area contributed by atoms with E-state index in [2.05, 4.69) is 4.74 Å². The third-order valence-corrected chi connectivity index (χ3v) is 4.91. The number of rotatable bonds is 4. The number of hydrogen-bond acceptors (Lipinski definition) is 7. The lowest BCUT2D eigenvalue weighted by molar-refractivity contribution is -0.422. The summed E-state index contributed by atoms with van der Waals surface area (Å²) in [5.41, 5.74) is -1.96. The number of allylic oxidation sites excluding steroid dienone is 3. The highest BCUT2D eigenvalue weighted by atomic mass is 19.1. The third kappa shape index (κ3) is 5.32. The minimum atomic E-state index is -1.02. The Morgan fingerprint density at radius 1 is 1.28 bits per heavy atom. The van der Waals surface area contributed by atoms with Crippen molar-refractivity contribution in [3.05, 3.63) is 45.1 Å². The van der Waals surface area contributed by atoms with Gasteiger partial charge in [-0.3, -0.25) is 19.8 Å². The molecule has 11 heteroatoms. The molecular weight excluding hydrogens is 425 g/mol. The summed E-state index contributed by atoms with van der Waals surface area (Å²) in [4.78, 5) is 51.2. The van der Waals surface area contributed by atoms with Gasteiger partial charge in [-0.05, 0) is 26.7 Å². The highest BCUT2D eigenvalue weighted by Crippen LogP contribution is 2.31. The Morgan fingerprint density at radius 2 is 1.91 bits per heavy atom. The SMILES string of the molecule is COC(=O)C1=C(F)C=C(N2CCN(C(=O)OC(C)(C)C)[C@H](C(C)C)C2=O)C([N+](=O)[O-])=CC1. The molecule has 32 heavy (non-hydrogen) atoms. The number of nitro groups is 1. The average molecular weight is 453 g/mol. The van der Waals surface area contributed by atoms with E-state index >= 15 is 0 Å². The summed E-state index contributed by atoms with van der Waals surface area (Å²) in [6, 6.07) is -0.970. The molecule has 2 amide bonds. The van der Waals surface area contributed by atoms with E-state index in [0.717, 1.165) is 24.2 Å². The lowest BCUT2D eigenvalue weighted by atomic mass is 9.98. The highest BCUT2D eigenvalue weighted by Gasteiger charge is 2.44. The predicted molar refractivity (Wildman–Crippen MR) is 111 cm³/mol. The Kier molecular flexibility index (Phi) is 7.42. The summed E-state index contributed by atoms with van der Waals surface area (Å²) in [6.45, 7) is 8.47. The molecule has 0 radical (unpaired) electrons. The van der Waals surface area contributed by atoms with Crippen LogP contribution in [0, 0.1) is 16.0 Å². The third-order valence-electron chi connectivity index (χ3n) is 4.91. The average Bonchev–Trinajstić information content (AvgIpc) is 2.84. The second kappa shape index (κ2) is 9.49. The number of hydrogen-bond donors (Lipinski definition) is 0. The smallest absolute Gasteiger partial charge is 0.411 e. The number of carbonyl (C=O) groups excluding carboxylic acids is 3. The molecule has 0 aromatic carbocycles. The van der Waals surface area contributed by atoms with Crippen LogP contribution < -0.4 is 0 Å². The molecule has 176 valence electrons. The molecule has 1 saturated heterocycles. The van der Waals surface area contributed by atoms with E-state index in [1.807, 2.05) is 0 Å². The van der Waals surface area contributed by atoms with E-state index in [0.29, 0.717) is 0 Å². The number of esters is 1. The maximum Gasteiger partial charge on any atom is 0.411 e. The van der Waals surface area contributed by atoms with E-state index < -0.39 is 46.1 Å². The normalized spacial score (nSPS) is 20.0. The van der Waals surface area contributed by atoms with Crippen LogP contribution in [-0.4, -0.2) is 64.5 Å². The molecule has 0 N–H and O–H groups in total. The van der Waals surface area contributed by atoms with E-state index in [1.165, 1.54) is 4.90 Å². The van der Waals surface area contributed by atoms with Gasteiger partial charge in [0.25, 0.3) is 5.70 Å². The van der Waals surface area contributed by atoms with Crippen molar-refractivity contribution >= 4 is 18.0 Å². The molecule has 1 aliphatic carbocycles. The molecule has 1 fully saturated rings. The Balaban J connectivity index is 2.48. The van der Waals surface area contributed by atoms with Gasteiger partial charge in [-0.2, -0.15) is 0 Å². The van der Waals surface area contributed by atoms with Crippen molar-refractivity contribution in [2.24, 2.45) is 5.92 Å². The van der Waals surface area contributed by atoms with Crippen LogP contribution in [0.3, 0.4) is 0 Å². The molecule has 0 spiro atoms. The van der Waals surface area contributed by atoms with Gasteiger partial charge in [0.2, 0.25) is 5.91 Å². The van der Waals surface area contributed by atoms with Gasteiger partial charge in [-0.1, -0.05) is 13.8 Å². The minimum absolute atomic E-state index is 0.0288. The molecule has 0 aromatic rings. The van der Waals surface area contributed by atoms with Crippen molar-refractivity contribution in [1.29, 1.82) is 0 Å². The summed E-state index contributed by atoms with van der Waals surface area (Å²) >= 11 is 0. The van der Waals surface area contributed by atoms with Gasteiger partial charge in [0.05, 0.1) is 17.6 Å². The predicted octanol–water partition coefficient (Wildman–Crippen LogP) is 2.94. The summed E-state index contributed by atoms with van der Waals surface area (Å²) in [7, 11) is 1.07. The molecule has 1 heterocycles. The van der Waals surface area contributed by atoms with Crippen LogP contribution in [0.15, 0.2) is 34.9 Å². The summed E-state index contributed by atoms with van der Waals surface area (Å²) < 4.78 is 24.7. The van der Waals surface area contributed by atoms with Crippen molar-refractivity contribution < 1.29 is 33.2 Å². The zero-order valence-corrected chi connectivity index (χ0v) is 19.0. The van der Waals surface area contributed by atoms with Crippen molar-refractivity contribution in [2.75, 3.05) is 20.2 Å². The topological polar surface area (TPSA) is 119 Å². The Morgan fingerprint density at radius 3 is 2.41 bits per heavy atom. The molecule has 2 aliphatic rings. The van der Waals surface area contributed by atoms with Crippen LogP contribution in [0.2, 0.25) is 0 Å². The lowest BCUT2D eigenvalue weighted by Crippen LogP contribution is -2.61. The minimum Gasteiger partial charge on any atom is -0.466 e. The first-order valence-corrected chi connectivity index (χ1v) is 10.1. The van der Waals surface area contributed by atoms with Crippen LogP contribution in [0.25, 0.3) is 0 Å². The number of halogens is 1. The number of carbonyl (C=O) groups is 3. The van der Waals surface area contributed by atoms with Gasteiger partial charge in [0.1, 0.15) is 23.2 Å². The molecule has 0 aromatic heterocycles. The van der Waals surface area contributed by atoms with Crippen LogP contribution in [0.1, 0.15) is 41.0 Å². The van der Waals surface area contributed by atoms with Crippen molar-refractivity contribution in [1.82, 2.24) is 9.80 Å². The number of amides is 2. The Labute approximate surface area is 185 Å². The number of ether oxygens (including phenoxy) is 2. The van der Waals surface area contributed by atoms with Crippen molar-refractivity contribution in [3.63, 3.8) is 0 Å². The summed E-state index contributed by atoms with van der Waals surface area (Å²) in [5, 5.41) is 11.7. The second-order valence-corrected chi connectivity index (χ2v) is 8.75. The van der Waals surface area contributed by atoms with Gasteiger partial charge in [0.15, 0.2) is 0 Å². The number of methoxy groups -OCH3 is 1. The molecule has 10 nitrogen and oxygen atoms in total. The Hall–Kier alpha value is -3.24. The van der Waals surface area contributed by atoms with Gasteiger partial charge in [-0.15, -0.1) is 0 Å². The largest absolute Gasteiger partial charge is 0.466 e. The molecule has 0 saturated carbocycles. The zero-order valence-electron chi connectivity index (χ0n) is 19.0. The van der Waals surface area contributed by atoms with Crippen molar-refractivity contribution in [2.45, 2.75) is 52.7 Å². The first-order chi connectivity index (χ1) is 14.8. The molecule has 1 aliphatic heterocycles. The van der Waals surface area contributed by atoms with Gasteiger partial charge >= 0.3 is 12.1 Å². The molecular formula is C21H28FN3O7. The van der Waals surface area contributed by atoms with E-state index in [4.69, 9.17) is 4.74 Å². The Bertz CT molecular complexity index is 915. The van der Waals surface area contributed by atoms with Gasteiger partial charge in [0, 0.05) is 31.7 Å². The number of nitrogens with zero attached hydrogens (tertiary/aromatic N) is 3. The van der Waals surface area contributed by atoms with Crippen LogP contribution in [-0.2, 0) is 19.1 Å². The fourth-order valence-corrected chi connectivity index (χ4v) is 3.53. The molecule has 2 rings (SSSR count). The maximum atomic E-state index is 14.8. The monoisotopic (exact) mass is 453 g/mol. The van der Waals surface area contributed by atoms with Gasteiger partial charge in [-0.25, -0.2) is 14.0 Å². The van der Waals surface area contributed by atoms with Crippen molar-refractivity contribution in [3.8, 4) is 0 Å². The second-order valence-electron chi connectivity index (χ2n) is 8.75. The fourth-order valence-electron chi connectivity index (χ4n) is 3.53. The first kappa shape index (κ1) is 25.0. The van der Waals surface area contributed by atoms with Crippen LogP contribution >= 0.6 is 0 Å². The molecule has 0 bridgehead atoms. The van der Waals surface area contributed by atoms with Crippen LogP contribution in [0.4, 0.5) is 9.18 Å². The summed E-state index contributed by atoms with van der Waals surface area (Å²) in [6.07, 6.45) is 0.826.